The highest BCUT2D eigenvalue weighted by atomic mass is 35.5. The van der Waals surface area contributed by atoms with Gasteiger partial charge >= 0.3 is 0 Å². The van der Waals surface area contributed by atoms with Gasteiger partial charge in [0.25, 0.3) is 0 Å². The van der Waals surface area contributed by atoms with E-state index in [0.717, 1.165) is 25.2 Å². The maximum atomic E-state index is 13.4. The Balaban J connectivity index is 0.00000195. The lowest BCUT2D eigenvalue weighted by molar-refractivity contribution is -0.119. The van der Waals surface area contributed by atoms with E-state index in [1.165, 1.54) is 25.0 Å². The average Bonchev–Trinajstić information content (AvgIpc) is 3.43. The molecule has 200 valence electrons. The van der Waals surface area contributed by atoms with Crippen molar-refractivity contribution < 1.29 is 13.9 Å². The molecule has 1 fully saturated rings. The third-order valence-electron chi connectivity index (χ3n) is 5.97. The van der Waals surface area contributed by atoms with Gasteiger partial charge in [0, 0.05) is 24.3 Å². The maximum Gasteiger partial charge on any atom is 0.239 e. The van der Waals surface area contributed by atoms with Crippen LogP contribution in [0.15, 0.2) is 48.7 Å². The Kier molecular flexibility index (Phi) is 11.1. The second kappa shape index (κ2) is 14.8. The number of nitrogens with zero attached hydrogens (tertiary/aromatic N) is 3. The summed E-state index contributed by atoms with van der Waals surface area (Å²) < 4.78 is 19.1. The normalized spacial score (nSPS) is 12.8. The lowest BCUT2D eigenvalue weighted by atomic mass is 10.2. The molecule has 2 aromatic carbocycles. The Morgan fingerprint density at radius 2 is 1.97 bits per heavy atom. The molecule has 8 nitrogen and oxygen atoms in total. The summed E-state index contributed by atoms with van der Waals surface area (Å²) >= 11 is 6.40. The molecule has 0 bridgehead atoms. The first-order valence-electron chi connectivity index (χ1n) is 12.3. The van der Waals surface area contributed by atoms with Gasteiger partial charge in [-0.25, -0.2) is 4.39 Å². The summed E-state index contributed by atoms with van der Waals surface area (Å²) in [6.45, 7) is 5.99. The van der Waals surface area contributed by atoms with E-state index in [4.69, 9.17) is 16.3 Å². The number of likely N-dealkylation sites (tertiary alicyclic amines) is 1. The summed E-state index contributed by atoms with van der Waals surface area (Å²) in [5, 5.41) is 17.9. The average molecular weight is 539 g/mol. The van der Waals surface area contributed by atoms with Gasteiger partial charge in [-0.1, -0.05) is 23.7 Å². The molecular weight excluding hydrogens is 507 g/mol. The second-order valence-corrected chi connectivity index (χ2v) is 9.08. The van der Waals surface area contributed by atoms with Crippen LogP contribution in [0.25, 0.3) is 0 Å². The highest BCUT2D eigenvalue weighted by Crippen LogP contribution is 2.31. The molecule has 1 saturated heterocycles. The molecule has 1 aliphatic heterocycles. The number of halogens is 2. The molecule has 0 atom stereocenters. The molecule has 3 N–H and O–H groups in total. The first-order chi connectivity index (χ1) is 18.5. The molecule has 0 unspecified atom stereocenters. The van der Waals surface area contributed by atoms with Crippen molar-refractivity contribution in [2.45, 2.75) is 26.4 Å². The fourth-order valence-electron chi connectivity index (χ4n) is 3.96. The van der Waals surface area contributed by atoms with Crippen LogP contribution in [-0.2, 0) is 11.4 Å². The minimum Gasteiger partial charge on any atom is -0.487 e. The molecular formula is C28H32ClFN6O2. The van der Waals surface area contributed by atoms with Gasteiger partial charge in [-0.2, -0.15) is 5.10 Å². The monoisotopic (exact) mass is 538 g/mol. The predicted molar refractivity (Wildman–Crippen MR) is 149 cm³/mol. The van der Waals surface area contributed by atoms with Gasteiger partial charge in [0.2, 0.25) is 5.91 Å². The molecule has 1 aromatic heterocycles. The van der Waals surface area contributed by atoms with Crippen molar-refractivity contribution in [3.63, 3.8) is 0 Å². The number of hydrogen-bond donors (Lipinski definition) is 3. The SMILES string of the molecule is C#C.Cc1c(NCC(=O)NCCN2CCCC2)cnnc1Nc1ccc(OCc2cccc(F)c2)c(Cl)c1. The van der Waals surface area contributed by atoms with Crippen molar-refractivity contribution in [3.8, 4) is 18.6 Å². The highest BCUT2D eigenvalue weighted by molar-refractivity contribution is 6.32. The van der Waals surface area contributed by atoms with Crippen molar-refractivity contribution in [1.82, 2.24) is 20.4 Å². The van der Waals surface area contributed by atoms with Crippen LogP contribution in [0.5, 0.6) is 5.75 Å². The summed E-state index contributed by atoms with van der Waals surface area (Å²) in [5.74, 6) is 0.646. The Morgan fingerprint density at radius 3 is 2.71 bits per heavy atom. The maximum absolute atomic E-state index is 13.4. The minimum atomic E-state index is -0.312. The number of anilines is 3. The Morgan fingerprint density at radius 1 is 1.18 bits per heavy atom. The van der Waals surface area contributed by atoms with E-state index in [9.17, 15) is 9.18 Å². The zero-order chi connectivity index (χ0) is 27.3. The Labute approximate surface area is 227 Å². The number of carbonyl (C=O) groups excluding carboxylic acids is 1. The molecule has 1 aliphatic rings. The molecule has 0 spiro atoms. The number of amides is 1. The Hall–Kier alpha value is -3.87. The van der Waals surface area contributed by atoms with Crippen molar-refractivity contribution in [1.29, 1.82) is 0 Å². The van der Waals surface area contributed by atoms with Gasteiger partial charge < -0.3 is 25.6 Å². The van der Waals surface area contributed by atoms with Gasteiger partial charge in [0.15, 0.2) is 5.82 Å². The molecule has 1 amide bonds. The van der Waals surface area contributed by atoms with Gasteiger partial charge in [0.1, 0.15) is 18.2 Å². The molecule has 10 heteroatoms. The van der Waals surface area contributed by atoms with Gasteiger partial charge in [0.05, 0.1) is 23.5 Å². The summed E-state index contributed by atoms with van der Waals surface area (Å²) in [6.07, 6.45) is 12.1. The third kappa shape index (κ3) is 8.61. The molecule has 0 saturated carbocycles. The van der Waals surface area contributed by atoms with Crippen LogP contribution >= 0.6 is 11.6 Å². The highest BCUT2D eigenvalue weighted by Gasteiger charge is 2.13. The lowest BCUT2D eigenvalue weighted by Crippen LogP contribution is -2.36. The topological polar surface area (TPSA) is 91.4 Å². The van der Waals surface area contributed by atoms with Gasteiger partial charge in [-0.3, -0.25) is 4.79 Å². The number of ether oxygens (including phenoxy) is 1. The van der Waals surface area contributed by atoms with E-state index in [2.05, 4.69) is 43.9 Å². The fraction of sp³-hybridized carbons (Fsp3) is 0.321. The standard InChI is InChI=1S/C26H30ClFN6O2.C2H2/c1-18-23(30-16-25(35)29-9-12-34-10-2-3-11-34)15-31-33-26(18)32-21-7-8-24(22(27)14-21)36-17-19-5-4-6-20(28)13-19;1-2/h4-8,13-15H,2-3,9-12,16-17H2,1H3,(H,29,35)(H2,30,32,33);1-2H. The summed E-state index contributed by atoms with van der Waals surface area (Å²) in [7, 11) is 0. The number of carbonyl (C=O) groups is 1. The van der Waals surface area contributed by atoms with Gasteiger partial charge in [-0.15, -0.1) is 17.9 Å². The first-order valence-corrected chi connectivity index (χ1v) is 12.7. The molecule has 3 aromatic rings. The van der Waals surface area contributed by atoms with E-state index in [1.54, 1.807) is 30.5 Å². The number of nitrogens with one attached hydrogen (secondary N) is 3. The van der Waals surface area contributed by atoms with Crippen molar-refractivity contribution in [2.75, 3.05) is 43.4 Å². The lowest BCUT2D eigenvalue weighted by Gasteiger charge is -2.16. The van der Waals surface area contributed by atoms with Crippen LogP contribution in [0.1, 0.15) is 24.0 Å². The van der Waals surface area contributed by atoms with Crippen LogP contribution in [0.4, 0.5) is 21.6 Å². The molecule has 4 rings (SSSR count). The van der Waals surface area contributed by atoms with Crippen molar-refractivity contribution >= 4 is 34.7 Å². The third-order valence-corrected chi connectivity index (χ3v) is 6.27. The van der Waals surface area contributed by atoms with E-state index in [-0.39, 0.29) is 24.9 Å². The van der Waals surface area contributed by atoms with E-state index in [0.29, 0.717) is 40.1 Å². The van der Waals surface area contributed by atoms with E-state index in [1.807, 2.05) is 13.0 Å². The quantitative estimate of drug-likeness (QED) is 0.303. The van der Waals surface area contributed by atoms with Crippen molar-refractivity contribution in [2.24, 2.45) is 0 Å². The largest absolute Gasteiger partial charge is 0.487 e. The van der Waals surface area contributed by atoms with E-state index < -0.39 is 0 Å². The second-order valence-electron chi connectivity index (χ2n) is 8.67. The predicted octanol–water partition coefficient (Wildman–Crippen LogP) is 4.77. The molecule has 2 heterocycles. The summed E-state index contributed by atoms with van der Waals surface area (Å²) in [5.41, 5.74) is 2.94. The number of benzene rings is 2. The molecule has 38 heavy (non-hydrogen) atoms. The molecule has 0 radical (unpaired) electrons. The minimum absolute atomic E-state index is 0.0690. The first kappa shape index (κ1) is 28.7. The number of hydrogen-bond acceptors (Lipinski definition) is 7. The Bertz CT molecular complexity index is 1230. The van der Waals surface area contributed by atoms with Crippen LogP contribution in [0, 0.1) is 25.6 Å². The van der Waals surface area contributed by atoms with Crippen LogP contribution in [0.2, 0.25) is 5.02 Å². The van der Waals surface area contributed by atoms with Crippen LogP contribution in [0.3, 0.4) is 0 Å². The van der Waals surface area contributed by atoms with E-state index >= 15 is 0 Å². The summed E-state index contributed by atoms with van der Waals surface area (Å²) in [4.78, 5) is 14.6. The zero-order valence-electron chi connectivity index (χ0n) is 21.3. The summed E-state index contributed by atoms with van der Waals surface area (Å²) in [6, 6.07) is 11.5. The van der Waals surface area contributed by atoms with Gasteiger partial charge in [-0.05, 0) is 68.8 Å². The number of terminal acetylenes is 1. The number of aromatic nitrogens is 2. The smallest absolute Gasteiger partial charge is 0.239 e. The van der Waals surface area contributed by atoms with Crippen molar-refractivity contribution in [3.05, 3.63) is 70.6 Å². The zero-order valence-corrected chi connectivity index (χ0v) is 22.1. The fourth-order valence-corrected chi connectivity index (χ4v) is 4.19. The molecule has 0 aliphatic carbocycles. The van der Waals surface area contributed by atoms with Crippen LogP contribution in [-0.4, -0.2) is 53.7 Å². The number of rotatable bonds is 11. The van der Waals surface area contributed by atoms with Crippen LogP contribution < -0.4 is 20.7 Å².